The molecule has 0 fully saturated rings. The fraction of sp³-hybridized carbons (Fsp3) is 0.267. The lowest BCUT2D eigenvalue weighted by atomic mass is 10.2. The molecule has 0 saturated carbocycles. The molecule has 0 saturated heterocycles. The van der Waals surface area contributed by atoms with Crippen molar-refractivity contribution in [3.05, 3.63) is 47.1 Å². The summed E-state index contributed by atoms with van der Waals surface area (Å²) in [6.45, 7) is 1.82. The molecule has 0 aliphatic carbocycles. The second-order valence-electron chi connectivity index (χ2n) is 4.57. The third kappa shape index (κ3) is 2.86. The first kappa shape index (κ1) is 13.6. The van der Waals surface area contributed by atoms with Crippen LogP contribution in [0.1, 0.15) is 5.56 Å². The molecule has 3 rings (SSSR count). The van der Waals surface area contributed by atoms with E-state index in [2.05, 4.69) is 28.1 Å². The van der Waals surface area contributed by atoms with Gasteiger partial charge >= 0.3 is 0 Å². The normalized spacial score (nSPS) is 14.0. The summed E-state index contributed by atoms with van der Waals surface area (Å²) < 4.78 is 5.18. The quantitative estimate of drug-likeness (QED) is 0.804. The molecule has 0 radical (unpaired) electrons. The number of hydrogen-bond acceptors (Lipinski definition) is 4. The Morgan fingerprint density at radius 1 is 1.25 bits per heavy atom. The Balaban J connectivity index is 1.83. The third-order valence-corrected chi connectivity index (χ3v) is 4.48. The SMILES string of the molecule is COc1ccc(CN2CCSc3ccc(Cl)nc32)cc1. The molecule has 0 amide bonds. The van der Waals surface area contributed by atoms with Crippen LogP contribution in [0.25, 0.3) is 0 Å². The van der Waals surface area contributed by atoms with Gasteiger partial charge in [0.1, 0.15) is 16.7 Å². The average Bonchev–Trinajstić information content (AvgIpc) is 2.49. The first-order valence-electron chi connectivity index (χ1n) is 6.43. The van der Waals surface area contributed by atoms with Gasteiger partial charge in [0, 0.05) is 18.8 Å². The van der Waals surface area contributed by atoms with Crippen molar-refractivity contribution < 1.29 is 4.74 Å². The summed E-state index contributed by atoms with van der Waals surface area (Å²) in [5, 5.41) is 0.547. The number of rotatable bonds is 3. The highest BCUT2D eigenvalue weighted by Crippen LogP contribution is 2.34. The lowest BCUT2D eigenvalue weighted by molar-refractivity contribution is 0.414. The smallest absolute Gasteiger partial charge is 0.144 e. The molecule has 0 unspecified atom stereocenters. The largest absolute Gasteiger partial charge is 0.497 e. The van der Waals surface area contributed by atoms with Gasteiger partial charge in [0.25, 0.3) is 0 Å². The van der Waals surface area contributed by atoms with Crippen LogP contribution in [0.3, 0.4) is 0 Å². The van der Waals surface area contributed by atoms with E-state index in [0.717, 1.165) is 30.4 Å². The molecule has 5 heteroatoms. The summed E-state index contributed by atoms with van der Waals surface area (Å²) in [5.41, 5.74) is 1.24. The molecule has 0 bridgehead atoms. The van der Waals surface area contributed by atoms with Crippen molar-refractivity contribution in [2.45, 2.75) is 11.4 Å². The van der Waals surface area contributed by atoms with Crippen molar-refractivity contribution in [3.8, 4) is 5.75 Å². The van der Waals surface area contributed by atoms with E-state index < -0.39 is 0 Å². The molecule has 2 heterocycles. The van der Waals surface area contributed by atoms with Crippen LogP contribution in [0.5, 0.6) is 5.75 Å². The number of methoxy groups -OCH3 is 1. The molecule has 0 atom stereocenters. The van der Waals surface area contributed by atoms with Crippen molar-refractivity contribution in [1.29, 1.82) is 0 Å². The first-order valence-corrected chi connectivity index (χ1v) is 7.80. The van der Waals surface area contributed by atoms with E-state index in [9.17, 15) is 0 Å². The summed E-state index contributed by atoms with van der Waals surface area (Å²) in [5.74, 6) is 2.95. The monoisotopic (exact) mass is 306 g/mol. The minimum atomic E-state index is 0.547. The second-order valence-corrected chi connectivity index (χ2v) is 6.10. The first-order chi connectivity index (χ1) is 9.76. The van der Waals surface area contributed by atoms with E-state index in [4.69, 9.17) is 16.3 Å². The lowest BCUT2D eigenvalue weighted by Gasteiger charge is -2.29. The van der Waals surface area contributed by atoms with Gasteiger partial charge in [0.15, 0.2) is 0 Å². The number of anilines is 1. The summed E-state index contributed by atoms with van der Waals surface area (Å²) in [7, 11) is 1.68. The highest BCUT2D eigenvalue weighted by atomic mass is 35.5. The third-order valence-electron chi connectivity index (χ3n) is 3.26. The number of pyridine rings is 1. The van der Waals surface area contributed by atoms with E-state index in [-0.39, 0.29) is 0 Å². The van der Waals surface area contributed by atoms with E-state index in [1.807, 2.05) is 30.0 Å². The second kappa shape index (κ2) is 5.94. The van der Waals surface area contributed by atoms with Crippen LogP contribution in [-0.2, 0) is 6.54 Å². The number of fused-ring (bicyclic) bond motifs is 1. The number of aromatic nitrogens is 1. The van der Waals surface area contributed by atoms with Gasteiger partial charge in [-0.05, 0) is 29.8 Å². The van der Waals surface area contributed by atoms with Gasteiger partial charge in [0.05, 0.1) is 12.0 Å². The molecule has 20 heavy (non-hydrogen) atoms. The number of thioether (sulfide) groups is 1. The average molecular weight is 307 g/mol. The van der Waals surface area contributed by atoms with E-state index >= 15 is 0 Å². The lowest BCUT2D eigenvalue weighted by Crippen LogP contribution is -2.29. The zero-order valence-electron chi connectivity index (χ0n) is 11.2. The van der Waals surface area contributed by atoms with Crippen LogP contribution in [-0.4, -0.2) is 24.4 Å². The summed E-state index contributed by atoms with van der Waals surface area (Å²) in [6.07, 6.45) is 0. The highest BCUT2D eigenvalue weighted by molar-refractivity contribution is 7.99. The molecule has 0 N–H and O–H groups in total. The van der Waals surface area contributed by atoms with Crippen molar-refractivity contribution in [2.24, 2.45) is 0 Å². The Morgan fingerprint density at radius 3 is 2.80 bits per heavy atom. The number of halogens is 1. The van der Waals surface area contributed by atoms with Gasteiger partial charge in [0.2, 0.25) is 0 Å². The van der Waals surface area contributed by atoms with Crippen LogP contribution >= 0.6 is 23.4 Å². The van der Waals surface area contributed by atoms with Gasteiger partial charge < -0.3 is 9.64 Å². The fourth-order valence-electron chi connectivity index (χ4n) is 2.23. The van der Waals surface area contributed by atoms with Crippen LogP contribution < -0.4 is 9.64 Å². The van der Waals surface area contributed by atoms with Crippen molar-refractivity contribution >= 4 is 29.2 Å². The van der Waals surface area contributed by atoms with Gasteiger partial charge in [-0.2, -0.15) is 0 Å². The predicted molar refractivity (Wildman–Crippen MR) is 84.0 cm³/mol. The van der Waals surface area contributed by atoms with E-state index in [1.165, 1.54) is 10.5 Å². The highest BCUT2D eigenvalue weighted by Gasteiger charge is 2.19. The van der Waals surface area contributed by atoms with Crippen LogP contribution in [0, 0.1) is 0 Å². The standard InChI is InChI=1S/C15H15ClN2OS/c1-19-12-4-2-11(3-5-12)10-18-8-9-20-13-6-7-14(16)17-15(13)18/h2-7H,8-10H2,1H3. The summed E-state index contributed by atoms with van der Waals surface area (Å²) in [6, 6.07) is 12.1. The molecule has 1 aromatic heterocycles. The molecule has 1 aliphatic rings. The minimum Gasteiger partial charge on any atom is -0.497 e. The Morgan fingerprint density at radius 2 is 2.05 bits per heavy atom. The fourth-order valence-corrected chi connectivity index (χ4v) is 3.37. The molecule has 3 nitrogen and oxygen atoms in total. The zero-order chi connectivity index (χ0) is 13.9. The maximum Gasteiger partial charge on any atom is 0.144 e. The zero-order valence-corrected chi connectivity index (χ0v) is 12.7. The van der Waals surface area contributed by atoms with Gasteiger partial charge in [-0.1, -0.05) is 23.7 Å². The Kier molecular flexibility index (Phi) is 4.03. The maximum atomic E-state index is 6.02. The molecule has 1 aliphatic heterocycles. The van der Waals surface area contributed by atoms with Crippen LogP contribution in [0.2, 0.25) is 5.15 Å². The maximum absolute atomic E-state index is 6.02. The van der Waals surface area contributed by atoms with Crippen LogP contribution in [0.15, 0.2) is 41.3 Å². The molecule has 1 aromatic carbocycles. The van der Waals surface area contributed by atoms with Crippen LogP contribution in [0.4, 0.5) is 5.82 Å². The molecule has 0 spiro atoms. The molecular formula is C15H15ClN2OS. The summed E-state index contributed by atoms with van der Waals surface area (Å²) >= 11 is 7.86. The van der Waals surface area contributed by atoms with Crippen molar-refractivity contribution in [2.75, 3.05) is 24.3 Å². The molecular weight excluding hydrogens is 292 g/mol. The minimum absolute atomic E-state index is 0.547. The van der Waals surface area contributed by atoms with Gasteiger partial charge in [-0.15, -0.1) is 11.8 Å². The van der Waals surface area contributed by atoms with E-state index in [1.54, 1.807) is 7.11 Å². The molecule has 2 aromatic rings. The number of hydrogen-bond donors (Lipinski definition) is 0. The van der Waals surface area contributed by atoms with Gasteiger partial charge in [-0.25, -0.2) is 4.98 Å². The topological polar surface area (TPSA) is 25.4 Å². The number of ether oxygens (including phenoxy) is 1. The number of benzene rings is 1. The molecule has 104 valence electrons. The van der Waals surface area contributed by atoms with Crippen molar-refractivity contribution in [3.63, 3.8) is 0 Å². The summed E-state index contributed by atoms with van der Waals surface area (Å²) in [4.78, 5) is 7.95. The Labute approximate surface area is 127 Å². The number of nitrogens with zero attached hydrogens (tertiary/aromatic N) is 2. The van der Waals surface area contributed by atoms with Crippen molar-refractivity contribution in [1.82, 2.24) is 4.98 Å². The van der Waals surface area contributed by atoms with E-state index in [0.29, 0.717) is 5.15 Å². The Hall–Kier alpha value is -1.39. The van der Waals surface area contributed by atoms with Gasteiger partial charge in [-0.3, -0.25) is 0 Å². The predicted octanol–water partition coefficient (Wildman–Crippen LogP) is 3.86. The Bertz CT molecular complexity index is 603.